The molecule has 2 N–H and O–H groups in total. The average Bonchev–Trinajstić information content (AvgIpc) is 3.30. The first-order valence-electron chi connectivity index (χ1n) is 10.5. The molecule has 150 valence electrons. The lowest BCUT2D eigenvalue weighted by atomic mass is 9.97. The molecule has 3 aliphatic heterocycles. The van der Waals surface area contributed by atoms with Gasteiger partial charge in [0, 0.05) is 56.8 Å². The van der Waals surface area contributed by atoms with Crippen LogP contribution in [0.4, 0.5) is 5.82 Å². The molecule has 1 atom stereocenters. The smallest absolute Gasteiger partial charge is 0.226 e. The third kappa shape index (κ3) is 3.24. The van der Waals surface area contributed by atoms with E-state index in [9.17, 15) is 4.79 Å². The quantitative estimate of drug-likeness (QED) is 0.778. The Morgan fingerprint density at radius 2 is 2.18 bits per heavy atom. The van der Waals surface area contributed by atoms with E-state index in [1.165, 1.54) is 17.7 Å². The third-order valence-electron chi connectivity index (χ3n) is 6.40. The summed E-state index contributed by atoms with van der Waals surface area (Å²) in [5, 5.41) is 11.1. The van der Waals surface area contributed by atoms with E-state index in [0.29, 0.717) is 6.04 Å². The van der Waals surface area contributed by atoms with Gasteiger partial charge in [-0.15, -0.1) is 0 Å². The standard InChI is InChI=1S/C20H29N7O/c1-25-9-5-16-17(6-10-25)24-18-4-8-23-27(18)20(16)26-12-14(13-26)19(28)22-11-15-3-2-7-21-15/h4,8,14-15,21H,2-3,5-7,9-13H2,1H3,(H,22,28). The maximum Gasteiger partial charge on any atom is 0.226 e. The summed E-state index contributed by atoms with van der Waals surface area (Å²) in [6, 6.07) is 2.41. The molecule has 0 bridgehead atoms. The molecule has 5 rings (SSSR count). The molecule has 1 unspecified atom stereocenters. The van der Waals surface area contributed by atoms with Crippen LogP contribution in [0.15, 0.2) is 12.3 Å². The molecule has 3 aliphatic rings. The summed E-state index contributed by atoms with van der Waals surface area (Å²) in [6.45, 7) is 5.39. The van der Waals surface area contributed by atoms with Gasteiger partial charge in [-0.3, -0.25) is 4.79 Å². The molecule has 2 aromatic heterocycles. The zero-order chi connectivity index (χ0) is 19.1. The van der Waals surface area contributed by atoms with Crippen LogP contribution in [0.1, 0.15) is 24.1 Å². The number of hydrogen-bond donors (Lipinski definition) is 2. The number of fused-ring (bicyclic) bond motifs is 2. The number of carbonyl (C=O) groups excluding carboxylic acids is 1. The van der Waals surface area contributed by atoms with Crippen molar-refractivity contribution in [2.45, 2.75) is 31.7 Å². The SMILES string of the molecule is CN1CCc2nc3ccnn3c(N3CC(C(=O)NCC4CCCN4)C3)c2CC1. The van der Waals surface area contributed by atoms with Gasteiger partial charge in [-0.25, -0.2) is 4.98 Å². The fraction of sp³-hybridized carbons (Fsp3) is 0.650. The van der Waals surface area contributed by atoms with E-state index in [4.69, 9.17) is 4.98 Å². The normalized spacial score (nSPS) is 23.5. The van der Waals surface area contributed by atoms with Gasteiger partial charge in [-0.2, -0.15) is 9.61 Å². The fourth-order valence-electron chi connectivity index (χ4n) is 4.62. The van der Waals surface area contributed by atoms with Crippen molar-refractivity contribution in [3.05, 3.63) is 23.5 Å². The van der Waals surface area contributed by atoms with Gasteiger partial charge in [-0.05, 0) is 32.9 Å². The van der Waals surface area contributed by atoms with Crippen LogP contribution >= 0.6 is 0 Å². The summed E-state index contributed by atoms with van der Waals surface area (Å²) in [7, 11) is 2.17. The van der Waals surface area contributed by atoms with E-state index >= 15 is 0 Å². The van der Waals surface area contributed by atoms with Crippen LogP contribution in [0.2, 0.25) is 0 Å². The van der Waals surface area contributed by atoms with Crippen molar-refractivity contribution in [3.8, 4) is 0 Å². The van der Waals surface area contributed by atoms with Crippen molar-refractivity contribution in [3.63, 3.8) is 0 Å². The van der Waals surface area contributed by atoms with Crippen LogP contribution in [0, 0.1) is 5.92 Å². The highest BCUT2D eigenvalue weighted by Gasteiger charge is 2.36. The number of anilines is 1. The second-order valence-corrected chi connectivity index (χ2v) is 8.41. The summed E-state index contributed by atoms with van der Waals surface area (Å²) in [5.74, 6) is 1.38. The molecule has 1 amide bonds. The Kier molecular flexibility index (Phi) is 4.68. The van der Waals surface area contributed by atoms with Crippen molar-refractivity contribution in [2.75, 3.05) is 51.2 Å². The Bertz CT molecular complexity index is 867. The van der Waals surface area contributed by atoms with Gasteiger partial charge in [0.05, 0.1) is 17.8 Å². The molecule has 28 heavy (non-hydrogen) atoms. The van der Waals surface area contributed by atoms with Gasteiger partial charge in [0.1, 0.15) is 5.82 Å². The number of carbonyl (C=O) groups is 1. The number of aromatic nitrogens is 3. The first-order valence-corrected chi connectivity index (χ1v) is 10.5. The van der Waals surface area contributed by atoms with Gasteiger partial charge in [-0.1, -0.05) is 0 Å². The van der Waals surface area contributed by atoms with Gasteiger partial charge < -0.3 is 20.4 Å². The van der Waals surface area contributed by atoms with Gasteiger partial charge in [0.2, 0.25) is 5.91 Å². The topological polar surface area (TPSA) is 77.8 Å². The number of hydrogen-bond acceptors (Lipinski definition) is 6. The zero-order valence-corrected chi connectivity index (χ0v) is 16.5. The lowest BCUT2D eigenvalue weighted by Gasteiger charge is -2.41. The van der Waals surface area contributed by atoms with Gasteiger partial charge >= 0.3 is 0 Å². The van der Waals surface area contributed by atoms with Crippen LogP contribution in [0.3, 0.4) is 0 Å². The minimum atomic E-state index is 0.0595. The summed E-state index contributed by atoms with van der Waals surface area (Å²) in [6.07, 6.45) is 6.12. The molecule has 0 spiro atoms. The van der Waals surface area contributed by atoms with Crippen molar-refractivity contribution >= 4 is 17.4 Å². The molecule has 2 aromatic rings. The summed E-state index contributed by atoms with van der Waals surface area (Å²) < 4.78 is 1.96. The first-order chi connectivity index (χ1) is 13.7. The molecule has 8 heteroatoms. The lowest BCUT2D eigenvalue weighted by Crippen LogP contribution is -2.55. The summed E-state index contributed by atoms with van der Waals surface area (Å²) in [4.78, 5) is 22.1. The predicted octanol–water partition coefficient (Wildman–Crippen LogP) is 0.0641. The van der Waals surface area contributed by atoms with Crippen molar-refractivity contribution < 1.29 is 4.79 Å². The molecule has 0 saturated carbocycles. The minimum absolute atomic E-state index is 0.0595. The van der Waals surface area contributed by atoms with E-state index in [-0.39, 0.29) is 11.8 Å². The van der Waals surface area contributed by atoms with Gasteiger partial charge in [0.15, 0.2) is 5.65 Å². The van der Waals surface area contributed by atoms with Crippen LogP contribution in [0.5, 0.6) is 0 Å². The van der Waals surface area contributed by atoms with Crippen LogP contribution < -0.4 is 15.5 Å². The predicted molar refractivity (Wildman–Crippen MR) is 108 cm³/mol. The maximum atomic E-state index is 12.6. The van der Waals surface area contributed by atoms with E-state index in [1.807, 2.05) is 16.8 Å². The molecule has 5 heterocycles. The Balaban J connectivity index is 1.32. The maximum absolute atomic E-state index is 12.6. The number of amides is 1. The molecule has 0 aromatic carbocycles. The molecule has 2 saturated heterocycles. The van der Waals surface area contributed by atoms with E-state index in [0.717, 1.165) is 70.0 Å². The van der Waals surface area contributed by atoms with Crippen molar-refractivity contribution in [2.24, 2.45) is 5.92 Å². The Morgan fingerprint density at radius 3 is 3.00 bits per heavy atom. The number of likely N-dealkylation sites (N-methyl/N-ethyl adjacent to an activating group) is 1. The zero-order valence-electron chi connectivity index (χ0n) is 16.5. The first kappa shape index (κ1) is 17.9. The van der Waals surface area contributed by atoms with Crippen molar-refractivity contribution in [1.82, 2.24) is 30.1 Å². The highest BCUT2D eigenvalue weighted by atomic mass is 16.2. The molecular formula is C20H29N7O. The molecular weight excluding hydrogens is 354 g/mol. The summed E-state index contributed by atoms with van der Waals surface area (Å²) >= 11 is 0. The molecule has 0 radical (unpaired) electrons. The largest absolute Gasteiger partial charge is 0.354 e. The number of rotatable bonds is 4. The highest BCUT2D eigenvalue weighted by Crippen LogP contribution is 2.32. The Morgan fingerprint density at radius 1 is 1.32 bits per heavy atom. The van der Waals surface area contributed by atoms with Crippen LogP contribution in [0.25, 0.3) is 5.65 Å². The minimum Gasteiger partial charge on any atom is -0.354 e. The third-order valence-corrected chi connectivity index (χ3v) is 6.40. The molecule has 0 aliphatic carbocycles. The fourth-order valence-corrected chi connectivity index (χ4v) is 4.62. The second-order valence-electron chi connectivity index (χ2n) is 8.41. The van der Waals surface area contributed by atoms with Crippen LogP contribution in [-0.2, 0) is 17.6 Å². The Hall–Kier alpha value is -2.19. The van der Waals surface area contributed by atoms with Crippen LogP contribution in [-0.4, -0.2) is 77.8 Å². The van der Waals surface area contributed by atoms with Crippen molar-refractivity contribution in [1.29, 1.82) is 0 Å². The second kappa shape index (κ2) is 7.33. The number of nitrogens with one attached hydrogen (secondary N) is 2. The summed E-state index contributed by atoms with van der Waals surface area (Å²) in [5.41, 5.74) is 3.39. The van der Waals surface area contributed by atoms with E-state index in [2.05, 4.69) is 32.6 Å². The molecule has 8 nitrogen and oxygen atoms in total. The van der Waals surface area contributed by atoms with Gasteiger partial charge in [0.25, 0.3) is 0 Å². The average molecular weight is 384 g/mol. The van der Waals surface area contributed by atoms with E-state index in [1.54, 1.807) is 0 Å². The van der Waals surface area contributed by atoms with E-state index < -0.39 is 0 Å². The highest BCUT2D eigenvalue weighted by molar-refractivity contribution is 5.82. The molecule has 2 fully saturated rings. The Labute approximate surface area is 165 Å². The lowest BCUT2D eigenvalue weighted by molar-refractivity contribution is -0.125. The number of nitrogens with zero attached hydrogens (tertiary/aromatic N) is 5. The monoisotopic (exact) mass is 383 g/mol.